The summed E-state index contributed by atoms with van der Waals surface area (Å²) in [5.41, 5.74) is 0.799. The van der Waals surface area contributed by atoms with Crippen LogP contribution in [0.3, 0.4) is 0 Å². The van der Waals surface area contributed by atoms with Gasteiger partial charge >= 0.3 is 5.97 Å². The van der Waals surface area contributed by atoms with Gasteiger partial charge in [0.15, 0.2) is 12.7 Å². The minimum atomic E-state index is -1.01. The van der Waals surface area contributed by atoms with E-state index in [1.165, 1.54) is 0 Å². The van der Waals surface area contributed by atoms with Crippen LogP contribution in [0.1, 0.15) is 12.0 Å². The normalized spacial score (nSPS) is 15.5. The number of nitrogens with one attached hydrogen (secondary N) is 1. The van der Waals surface area contributed by atoms with Crippen LogP contribution in [0.4, 0.5) is 0 Å². The predicted octanol–water partition coefficient (Wildman–Crippen LogP) is 0.483. The van der Waals surface area contributed by atoms with Crippen molar-refractivity contribution < 1.29 is 24.2 Å². The second-order valence-corrected chi connectivity index (χ2v) is 4.47. The topological polar surface area (TPSA) is 109 Å². The number of carbonyl (C=O) groups excluding carboxylic acids is 1. The summed E-state index contributed by atoms with van der Waals surface area (Å²) in [5, 5.41) is 19.8. The Morgan fingerprint density at radius 3 is 3.05 bits per heavy atom. The first-order chi connectivity index (χ1) is 10.1. The van der Waals surface area contributed by atoms with Gasteiger partial charge in [0.25, 0.3) is 5.91 Å². The van der Waals surface area contributed by atoms with Gasteiger partial charge in [0.2, 0.25) is 0 Å². The van der Waals surface area contributed by atoms with Crippen LogP contribution in [0, 0.1) is 11.3 Å². The highest BCUT2D eigenvalue weighted by Crippen LogP contribution is 2.32. The maximum Gasteiger partial charge on any atom is 0.345 e. The van der Waals surface area contributed by atoms with Gasteiger partial charge in [0.1, 0.15) is 11.5 Å². The zero-order valence-corrected chi connectivity index (χ0v) is 11.2. The highest BCUT2D eigenvalue weighted by Gasteiger charge is 2.28. The zero-order valence-electron chi connectivity index (χ0n) is 11.2. The molecule has 0 fully saturated rings. The van der Waals surface area contributed by atoms with Gasteiger partial charge in [-0.2, -0.15) is 5.26 Å². The quantitative estimate of drug-likeness (QED) is 0.738. The van der Waals surface area contributed by atoms with Crippen molar-refractivity contribution in [2.45, 2.75) is 18.9 Å². The van der Waals surface area contributed by atoms with Crippen molar-refractivity contribution in [3.8, 4) is 17.6 Å². The van der Waals surface area contributed by atoms with E-state index in [-0.39, 0.29) is 25.5 Å². The largest absolute Gasteiger partial charge is 0.484 e. The molecule has 21 heavy (non-hydrogen) atoms. The highest BCUT2D eigenvalue weighted by molar-refractivity contribution is 5.77. The number of nitriles is 1. The van der Waals surface area contributed by atoms with Crippen molar-refractivity contribution in [1.29, 1.82) is 5.26 Å². The van der Waals surface area contributed by atoms with Gasteiger partial charge in [0.05, 0.1) is 12.5 Å². The lowest BCUT2D eigenvalue weighted by Crippen LogP contribution is -2.29. The van der Waals surface area contributed by atoms with Gasteiger partial charge in [-0.05, 0) is 11.6 Å². The molecule has 7 heteroatoms. The first kappa shape index (κ1) is 14.7. The Bertz CT molecular complexity index is 594. The molecule has 0 radical (unpaired) electrons. The van der Waals surface area contributed by atoms with E-state index in [2.05, 4.69) is 5.32 Å². The molecule has 0 saturated carbocycles. The fourth-order valence-corrected chi connectivity index (χ4v) is 1.89. The third-order valence-corrected chi connectivity index (χ3v) is 2.92. The molecule has 1 aromatic rings. The molecule has 1 aliphatic rings. The SMILES string of the molecule is N#CCCNC(=O)COc1ccc2c(c1)OC(C(=O)O)C2. The number of ether oxygens (including phenoxy) is 2. The van der Waals surface area contributed by atoms with Crippen molar-refractivity contribution in [3.63, 3.8) is 0 Å². The number of fused-ring (bicyclic) bond motifs is 1. The summed E-state index contributed by atoms with van der Waals surface area (Å²) in [5.74, 6) is -0.444. The van der Waals surface area contributed by atoms with Crippen molar-refractivity contribution in [1.82, 2.24) is 5.32 Å². The molecule has 0 bridgehead atoms. The number of carboxylic acid groups (broad SMARTS) is 1. The number of hydrogen-bond donors (Lipinski definition) is 2. The number of carboxylic acids is 1. The minimum absolute atomic E-state index is 0.174. The Hall–Kier alpha value is -2.75. The second kappa shape index (κ2) is 6.61. The first-order valence-corrected chi connectivity index (χ1v) is 6.39. The molecular formula is C14H14N2O5. The minimum Gasteiger partial charge on any atom is -0.484 e. The molecule has 0 saturated heterocycles. The Labute approximate surface area is 121 Å². The summed E-state index contributed by atoms with van der Waals surface area (Å²) < 4.78 is 10.6. The van der Waals surface area contributed by atoms with Crippen LogP contribution >= 0.6 is 0 Å². The Morgan fingerprint density at radius 2 is 2.33 bits per heavy atom. The van der Waals surface area contributed by atoms with Gasteiger partial charge in [0, 0.05) is 19.0 Å². The smallest absolute Gasteiger partial charge is 0.345 e. The van der Waals surface area contributed by atoms with Crippen LogP contribution in [0.15, 0.2) is 18.2 Å². The average molecular weight is 290 g/mol. The monoisotopic (exact) mass is 290 g/mol. The van der Waals surface area contributed by atoms with E-state index >= 15 is 0 Å². The van der Waals surface area contributed by atoms with Crippen LogP contribution in [0.2, 0.25) is 0 Å². The van der Waals surface area contributed by atoms with Crippen molar-refractivity contribution in [3.05, 3.63) is 23.8 Å². The number of carbonyl (C=O) groups is 2. The first-order valence-electron chi connectivity index (χ1n) is 6.39. The van der Waals surface area contributed by atoms with E-state index in [9.17, 15) is 9.59 Å². The molecule has 1 unspecified atom stereocenters. The van der Waals surface area contributed by atoms with E-state index in [1.807, 2.05) is 6.07 Å². The maximum absolute atomic E-state index is 11.4. The standard InChI is InChI=1S/C14H14N2O5/c15-4-1-5-16-13(17)8-20-10-3-2-9-6-12(14(18)19)21-11(9)7-10/h2-3,7,12H,1,5-6,8H2,(H,16,17)(H,18,19). The van der Waals surface area contributed by atoms with E-state index < -0.39 is 12.1 Å². The molecule has 1 atom stereocenters. The molecule has 1 aliphatic heterocycles. The van der Waals surface area contributed by atoms with Crippen molar-refractivity contribution >= 4 is 11.9 Å². The fraction of sp³-hybridized carbons (Fsp3) is 0.357. The third kappa shape index (κ3) is 3.86. The lowest BCUT2D eigenvalue weighted by Gasteiger charge is -2.08. The summed E-state index contributed by atoms with van der Waals surface area (Å²) in [6.45, 7) is 0.110. The predicted molar refractivity (Wildman–Crippen MR) is 70.9 cm³/mol. The molecule has 1 amide bonds. The van der Waals surface area contributed by atoms with E-state index in [1.54, 1.807) is 18.2 Å². The molecule has 7 nitrogen and oxygen atoms in total. The molecule has 1 aromatic carbocycles. The van der Waals surface area contributed by atoms with Gasteiger partial charge in [-0.3, -0.25) is 4.79 Å². The van der Waals surface area contributed by atoms with Crippen LogP contribution in [-0.4, -0.2) is 36.2 Å². The molecular weight excluding hydrogens is 276 g/mol. The molecule has 2 rings (SSSR count). The van der Waals surface area contributed by atoms with Gasteiger partial charge in [-0.15, -0.1) is 0 Å². The number of benzene rings is 1. The maximum atomic E-state index is 11.4. The Kier molecular flexibility index (Phi) is 4.61. The number of aliphatic carboxylic acids is 1. The van der Waals surface area contributed by atoms with Crippen molar-refractivity contribution in [2.24, 2.45) is 0 Å². The fourth-order valence-electron chi connectivity index (χ4n) is 1.89. The van der Waals surface area contributed by atoms with E-state index in [0.717, 1.165) is 5.56 Å². The summed E-state index contributed by atoms with van der Waals surface area (Å²) in [6, 6.07) is 6.87. The number of rotatable bonds is 6. The zero-order chi connectivity index (χ0) is 15.2. The van der Waals surface area contributed by atoms with Crippen LogP contribution < -0.4 is 14.8 Å². The van der Waals surface area contributed by atoms with Crippen molar-refractivity contribution in [2.75, 3.05) is 13.2 Å². The van der Waals surface area contributed by atoms with Crippen LogP contribution in [0.25, 0.3) is 0 Å². The summed E-state index contributed by atoms with van der Waals surface area (Å²) >= 11 is 0. The molecule has 0 aromatic heterocycles. The summed E-state index contributed by atoms with van der Waals surface area (Å²) in [7, 11) is 0. The highest BCUT2D eigenvalue weighted by atomic mass is 16.5. The molecule has 2 N–H and O–H groups in total. The van der Waals surface area contributed by atoms with Gasteiger partial charge in [-0.25, -0.2) is 4.79 Å². The second-order valence-electron chi connectivity index (χ2n) is 4.47. The lowest BCUT2D eigenvalue weighted by atomic mass is 10.1. The summed E-state index contributed by atoms with van der Waals surface area (Å²) in [6.07, 6.45) is -0.307. The van der Waals surface area contributed by atoms with E-state index in [4.69, 9.17) is 19.8 Å². The summed E-state index contributed by atoms with van der Waals surface area (Å²) in [4.78, 5) is 22.3. The number of nitrogens with zero attached hydrogens (tertiary/aromatic N) is 1. The third-order valence-electron chi connectivity index (χ3n) is 2.92. The Morgan fingerprint density at radius 1 is 1.52 bits per heavy atom. The molecule has 110 valence electrons. The van der Waals surface area contributed by atoms with E-state index in [0.29, 0.717) is 17.9 Å². The van der Waals surface area contributed by atoms with Crippen LogP contribution in [0.5, 0.6) is 11.5 Å². The lowest BCUT2D eigenvalue weighted by molar-refractivity contribution is -0.144. The number of hydrogen-bond acceptors (Lipinski definition) is 5. The Balaban J connectivity index is 1.87. The average Bonchev–Trinajstić information content (AvgIpc) is 2.89. The van der Waals surface area contributed by atoms with Gasteiger partial charge in [-0.1, -0.05) is 6.07 Å². The molecule has 0 spiro atoms. The molecule has 0 aliphatic carbocycles. The van der Waals surface area contributed by atoms with Crippen LogP contribution in [-0.2, 0) is 16.0 Å². The van der Waals surface area contributed by atoms with Gasteiger partial charge < -0.3 is 19.9 Å². The number of amides is 1. The molecule has 1 heterocycles.